The monoisotopic (exact) mass is 540 g/mol. The van der Waals surface area contributed by atoms with E-state index in [-0.39, 0.29) is 30.5 Å². The first-order valence-electron chi connectivity index (χ1n) is 8.31. The van der Waals surface area contributed by atoms with E-state index in [1.165, 1.54) is 11.3 Å². The third kappa shape index (κ3) is 7.11. The van der Waals surface area contributed by atoms with Crippen LogP contribution in [0.15, 0.2) is 44.9 Å². The number of methoxy groups -OCH3 is 1. The molecule has 1 aromatic carbocycles. The lowest BCUT2D eigenvalue weighted by molar-refractivity contribution is 0.311. The summed E-state index contributed by atoms with van der Waals surface area (Å²) >= 11 is 1.18. The maximum Gasteiger partial charge on any atom is 0.250 e. The summed E-state index contributed by atoms with van der Waals surface area (Å²) in [5, 5.41) is 7.92. The van der Waals surface area contributed by atoms with Crippen molar-refractivity contribution in [1.29, 1.82) is 0 Å². The molecule has 0 saturated heterocycles. The highest BCUT2D eigenvalue weighted by Gasteiger charge is 2.14. The van der Waals surface area contributed by atoms with Crippen LogP contribution < -0.4 is 24.8 Å². The van der Waals surface area contributed by atoms with Crippen LogP contribution in [-0.4, -0.2) is 48.2 Å². The Morgan fingerprint density at radius 3 is 2.61 bits per heavy atom. The molecule has 2 aromatic rings. The van der Waals surface area contributed by atoms with E-state index in [2.05, 4.69) is 20.3 Å². The van der Waals surface area contributed by atoms with Crippen LogP contribution in [0.4, 0.5) is 5.69 Å². The Morgan fingerprint density at radius 2 is 2.00 bits per heavy atom. The summed E-state index contributed by atoms with van der Waals surface area (Å²) in [6, 6.07) is 8.73. The molecule has 0 unspecified atom stereocenters. The van der Waals surface area contributed by atoms with Crippen LogP contribution in [0.2, 0.25) is 0 Å². The fraction of sp³-hybridized carbons (Fsp3) is 0.353. The Bertz CT molecular complexity index is 858. The van der Waals surface area contributed by atoms with Gasteiger partial charge in [0.1, 0.15) is 4.21 Å². The Labute approximate surface area is 186 Å². The minimum atomic E-state index is -3.46. The Kier molecular flexibility index (Phi) is 10.6. The molecule has 0 fully saturated rings. The average molecular weight is 540 g/mol. The van der Waals surface area contributed by atoms with Crippen LogP contribution in [0.25, 0.3) is 0 Å². The van der Waals surface area contributed by atoms with Crippen molar-refractivity contribution in [2.24, 2.45) is 4.99 Å². The number of sulfonamides is 1. The number of nitrogens with zero attached hydrogens (tertiary/aromatic N) is 1. The van der Waals surface area contributed by atoms with Gasteiger partial charge in [-0.15, -0.1) is 35.3 Å². The second kappa shape index (κ2) is 12.1. The van der Waals surface area contributed by atoms with E-state index in [4.69, 9.17) is 9.47 Å². The quantitative estimate of drug-likeness (QED) is 0.196. The van der Waals surface area contributed by atoms with Crippen molar-refractivity contribution >= 4 is 57.0 Å². The lowest BCUT2D eigenvalue weighted by atomic mass is 10.2. The molecule has 0 aliphatic carbocycles. The van der Waals surface area contributed by atoms with Gasteiger partial charge in [0.2, 0.25) is 10.0 Å². The van der Waals surface area contributed by atoms with Gasteiger partial charge in [0.15, 0.2) is 17.5 Å². The number of anilines is 1. The van der Waals surface area contributed by atoms with Crippen molar-refractivity contribution in [2.45, 2.75) is 11.1 Å². The van der Waals surface area contributed by atoms with Gasteiger partial charge < -0.3 is 20.1 Å². The molecule has 28 heavy (non-hydrogen) atoms. The molecule has 0 radical (unpaired) electrons. The van der Waals surface area contributed by atoms with E-state index < -0.39 is 10.0 Å². The lowest BCUT2D eigenvalue weighted by Gasteiger charge is -2.15. The summed E-state index contributed by atoms with van der Waals surface area (Å²) in [5.41, 5.74) is 0.770. The molecule has 1 heterocycles. The van der Waals surface area contributed by atoms with Crippen molar-refractivity contribution in [3.05, 3.63) is 35.7 Å². The molecule has 0 spiro atoms. The van der Waals surface area contributed by atoms with E-state index in [0.29, 0.717) is 34.8 Å². The number of benzene rings is 1. The maximum atomic E-state index is 12.1. The van der Waals surface area contributed by atoms with Crippen LogP contribution in [0, 0.1) is 0 Å². The Morgan fingerprint density at radius 1 is 1.21 bits per heavy atom. The highest BCUT2D eigenvalue weighted by Crippen LogP contribution is 2.30. The molecule has 1 aromatic heterocycles. The summed E-state index contributed by atoms with van der Waals surface area (Å²) in [4.78, 5) is 4.13. The second-order valence-corrected chi connectivity index (χ2v) is 8.19. The van der Waals surface area contributed by atoms with E-state index in [1.54, 1.807) is 37.7 Å². The van der Waals surface area contributed by atoms with E-state index in [0.717, 1.165) is 5.69 Å². The van der Waals surface area contributed by atoms with Gasteiger partial charge in [0, 0.05) is 31.9 Å². The number of nitrogens with one attached hydrogen (secondary N) is 3. The molecule has 2 rings (SSSR count). The summed E-state index contributed by atoms with van der Waals surface area (Å²) in [7, 11) is -0.239. The molecule has 8 nitrogen and oxygen atoms in total. The van der Waals surface area contributed by atoms with Crippen LogP contribution >= 0.6 is 35.3 Å². The molecule has 0 bridgehead atoms. The fourth-order valence-corrected chi connectivity index (χ4v) is 4.26. The predicted octanol–water partition coefficient (Wildman–Crippen LogP) is 2.74. The maximum absolute atomic E-state index is 12.1. The molecule has 0 amide bonds. The van der Waals surface area contributed by atoms with Gasteiger partial charge in [-0.1, -0.05) is 6.07 Å². The third-order valence-electron chi connectivity index (χ3n) is 3.42. The van der Waals surface area contributed by atoms with Crippen LogP contribution in [0.5, 0.6) is 11.5 Å². The molecular weight excluding hydrogens is 515 g/mol. The smallest absolute Gasteiger partial charge is 0.250 e. The normalized spacial score (nSPS) is 11.5. The minimum Gasteiger partial charge on any atom is -0.493 e. The summed E-state index contributed by atoms with van der Waals surface area (Å²) in [6.07, 6.45) is 0. The van der Waals surface area contributed by atoms with Gasteiger partial charge in [-0.05, 0) is 30.5 Å². The number of guanidine groups is 1. The topological polar surface area (TPSA) is 101 Å². The van der Waals surface area contributed by atoms with Crippen molar-refractivity contribution in [1.82, 2.24) is 10.0 Å². The highest BCUT2D eigenvalue weighted by atomic mass is 127. The van der Waals surface area contributed by atoms with E-state index >= 15 is 0 Å². The van der Waals surface area contributed by atoms with Gasteiger partial charge in [-0.3, -0.25) is 4.99 Å². The molecule has 0 aliphatic rings. The molecular formula is C17H25IN4O4S2. The van der Waals surface area contributed by atoms with Gasteiger partial charge in [-0.25, -0.2) is 13.1 Å². The zero-order chi connectivity index (χ0) is 19.7. The van der Waals surface area contributed by atoms with Gasteiger partial charge in [-0.2, -0.15) is 0 Å². The Hall–Kier alpha value is -1.57. The van der Waals surface area contributed by atoms with Crippen LogP contribution in [0.1, 0.15) is 6.92 Å². The highest BCUT2D eigenvalue weighted by molar-refractivity contribution is 14.0. The van der Waals surface area contributed by atoms with Crippen LogP contribution in [-0.2, 0) is 10.0 Å². The first-order chi connectivity index (χ1) is 13.0. The van der Waals surface area contributed by atoms with Gasteiger partial charge >= 0.3 is 0 Å². The SMILES string of the molecule is CCOc1cc(NC(=NC)NCCNS(=O)(=O)c2cccs2)ccc1OC.I. The molecule has 0 saturated carbocycles. The fourth-order valence-electron chi connectivity index (χ4n) is 2.19. The van der Waals surface area contributed by atoms with Gasteiger partial charge in [0.25, 0.3) is 0 Å². The predicted molar refractivity (Wildman–Crippen MR) is 124 cm³/mol. The van der Waals surface area contributed by atoms with E-state index in [9.17, 15) is 8.42 Å². The number of halogens is 1. The first-order valence-corrected chi connectivity index (χ1v) is 10.7. The zero-order valence-corrected chi connectivity index (χ0v) is 19.9. The molecule has 0 atom stereocenters. The Balaban J connectivity index is 0.00000392. The molecule has 11 heteroatoms. The third-order valence-corrected chi connectivity index (χ3v) is 6.28. The van der Waals surface area contributed by atoms with Crippen molar-refractivity contribution in [2.75, 3.05) is 39.2 Å². The number of thiophene rings is 1. The van der Waals surface area contributed by atoms with E-state index in [1.807, 2.05) is 19.1 Å². The number of ether oxygens (including phenoxy) is 2. The van der Waals surface area contributed by atoms with Crippen molar-refractivity contribution in [3.8, 4) is 11.5 Å². The second-order valence-electron chi connectivity index (χ2n) is 5.25. The standard InChI is InChI=1S/C17H24N4O4S2.HI/c1-4-25-15-12-13(7-8-14(15)24-3)21-17(18-2)19-9-10-20-27(22,23)16-6-5-11-26-16;/h5-8,11-12,20H,4,9-10H2,1-3H3,(H2,18,19,21);1H. The number of hydrogen-bond acceptors (Lipinski definition) is 6. The van der Waals surface area contributed by atoms with Crippen molar-refractivity contribution in [3.63, 3.8) is 0 Å². The number of hydrogen-bond donors (Lipinski definition) is 3. The molecule has 156 valence electrons. The zero-order valence-electron chi connectivity index (χ0n) is 15.9. The molecule has 0 aliphatic heterocycles. The van der Waals surface area contributed by atoms with Gasteiger partial charge in [0.05, 0.1) is 13.7 Å². The lowest BCUT2D eigenvalue weighted by Crippen LogP contribution is -2.37. The van der Waals surface area contributed by atoms with Crippen molar-refractivity contribution < 1.29 is 17.9 Å². The largest absolute Gasteiger partial charge is 0.493 e. The summed E-state index contributed by atoms with van der Waals surface area (Å²) < 4.78 is 37.8. The number of rotatable bonds is 9. The summed E-state index contributed by atoms with van der Waals surface area (Å²) in [6.45, 7) is 3.03. The molecule has 3 N–H and O–H groups in total. The number of aliphatic imine (C=N–C) groups is 1. The first kappa shape index (κ1) is 24.5. The minimum absolute atomic E-state index is 0. The average Bonchev–Trinajstić information content (AvgIpc) is 3.20. The van der Waals surface area contributed by atoms with Crippen LogP contribution in [0.3, 0.4) is 0 Å². The summed E-state index contributed by atoms with van der Waals surface area (Å²) in [5.74, 6) is 1.79.